The third kappa shape index (κ3) is 4.36. The number of halogens is 2. The zero-order valence-electron chi connectivity index (χ0n) is 18.9. The van der Waals surface area contributed by atoms with Crippen LogP contribution in [0.1, 0.15) is 34.7 Å². The first kappa shape index (κ1) is 22.7. The smallest absolute Gasteiger partial charge is 0.254 e. The van der Waals surface area contributed by atoms with Gasteiger partial charge >= 0.3 is 0 Å². The molecule has 0 aromatic heterocycles. The normalized spacial score (nSPS) is 22.9. The van der Waals surface area contributed by atoms with E-state index in [1.807, 2.05) is 17.0 Å². The van der Waals surface area contributed by atoms with Crippen LogP contribution in [0.3, 0.4) is 0 Å². The van der Waals surface area contributed by atoms with Crippen molar-refractivity contribution in [2.45, 2.75) is 30.8 Å². The fourth-order valence-corrected chi connectivity index (χ4v) is 5.47. The Morgan fingerprint density at radius 3 is 2.24 bits per heavy atom. The van der Waals surface area contributed by atoms with Gasteiger partial charge in [0.05, 0.1) is 6.61 Å². The summed E-state index contributed by atoms with van der Waals surface area (Å²) >= 11 is 0. The molecule has 0 spiro atoms. The highest BCUT2D eigenvalue weighted by molar-refractivity contribution is 5.94. The van der Waals surface area contributed by atoms with Crippen molar-refractivity contribution in [3.8, 4) is 11.1 Å². The molecule has 3 aromatic carbocycles. The fraction of sp³-hybridized carbons (Fsp3) is 0.321. The molecule has 34 heavy (non-hydrogen) atoms. The molecule has 2 aliphatic rings. The largest absolute Gasteiger partial charge is 0.395 e. The maximum Gasteiger partial charge on any atom is 0.254 e. The molecule has 0 bridgehead atoms. The van der Waals surface area contributed by atoms with Gasteiger partial charge in [-0.25, -0.2) is 8.78 Å². The molecule has 5 rings (SSSR count). The molecule has 2 heterocycles. The van der Waals surface area contributed by atoms with Crippen LogP contribution in [0.15, 0.2) is 72.8 Å². The van der Waals surface area contributed by atoms with Crippen LogP contribution >= 0.6 is 0 Å². The van der Waals surface area contributed by atoms with E-state index >= 15 is 0 Å². The van der Waals surface area contributed by atoms with Crippen molar-refractivity contribution in [3.05, 3.63) is 95.6 Å². The number of aliphatic hydroxyl groups excluding tert-OH is 1. The first-order chi connectivity index (χ1) is 16.5. The number of nitrogens with zero attached hydrogens (tertiary/aromatic N) is 2. The monoisotopic (exact) mass is 462 g/mol. The number of carbonyl (C=O) groups is 1. The second kappa shape index (κ2) is 9.65. The molecule has 3 atom stereocenters. The van der Waals surface area contributed by atoms with Gasteiger partial charge in [-0.15, -0.1) is 0 Å². The lowest BCUT2D eigenvalue weighted by Crippen LogP contribution is -2.67. The van der Waals surface area contributed by atoms with E-state index in [-0.39, 0.29) is 36.3 Å². The number of hydrogen-bond donors (Lipinski definition) is 1. The molecule has 0 unspecified atom stereocenters. The van der Waals surface area contributed by atoms with E-state index in [9.17, 15) is 18.7 Å². The first-order valence-corrected chi connectivity index (χ1v) is 11.8. The van der Waals surface area contributed by atoms with Gasteiger partial charge in [-0.2, -0.15) is 0 Å². The molecular formula is C28H28F2N2O2. The summed E-state index contributed by atoms with van der Waals surface area (Å²) in [4.78, 5) is 17.3. The summed E-state index contributed by atoms with van der Waals surface area (Å²) in [6.07, 6.45) is 1.82. The standard InChI is InChI=1S/C28H28F2N2O2/c29-23-12-10-20(11-13-23)19-6-8-21(9-7-19)27-25-17-31(14-1-2-15-32(25)26(27)18-33)28(34)22-4-3-5-24(30)16-22/h3-13,16,25-27,33H,1-2,14-15,17-18H2/t25-,26-,27+/m1/s1. The van der Waals surface area contributed by atoms with E-state index < -0.39 is 5.82 Å². The van der Waals surface area contributed by atoms with Crippen LogP contribution in [0.25, 0.3) is 11.1 Å². The second-order valence-corrected chi connectivity index (χ2v) is 9.18. The molecule has 3 aromatic rings. The van der Waals surface area contributed by atoms with Crippen molar-refractivity contribution in [1.29, 1.82) is 0 Å². The lowest BCUT2D eigenvalue weighted by atomic mass is 9.74. The summed E-state index contributed by atoms with van der Waals surface area (Å²) in [5.41, 5.74) is 3.43. The van der Waals surface area contributed by atoms with Gasteiger partial charge in [-0.05, 0) is 66.4 Å². The topological polar surface area (TPSA) is 43.8 Å². The van der Waals surface area contributed by atoms with Crippen LogP contribution in [0.2, 0.25) is 0 Å². The fourth-order valence-electron chi connectivity index (χ4n) is 5.47. The van der Waals surface area contributed by atoms with Crippen LogP contribution in [-0.2, 0) is 0 Å². The zero-order valence-corrected chi connectivity index (χ0v) is 18.9. The van der Waals surface area contributed by atoms with Crippen molar-refractivity contribution in [2.24, 2.45) is 0 Å². The summed E-state index contributed by atoms with van der Waals surface area (Å²) in [5.74, 6) is -0.739. The molecule has 1 amide bonds. The number of hydrogen-bond acceptors (Lipinski definition) is 3. The predicted octanol–water partition coefficient (Wildman–Crippen LogP) is 4.70. The molecule has 176 valence electrons. The van der Waals surface area contributed by atoms with Crippen molar-refractivity contribution in [3.63, 3.8) is 0 Å². The van der Waals surface area contributed by atoms with Crippen molar-refractivity contribution in [2.75, 3.05) is 26.2 Å². The lowest BCUT2D eigenvalue weighted by molar-refractivity contribution is -0.0606. The van der Waals surface area contributed by atoms with Crippen molar-refractivity contribution < 1.29 is 18.7 Å². The number of amides is 1. The SMILES string of the molecule is O=C(c1cccc(F)c1)N1CCCCN2[C@H](CO)[C@@H](c3ccc(-c4ccc(F)cc4)cc3)[C@H]2C1. The number of carbonyl (C=O) groups excluding carboxylic acids is 1. The summed E-state index contributed by atoms with van der Waals surface area (Å²) < 4.78 is 27.0. The minimum Gasteiger partial charge on any atom is -0.395 e. The van der Waals surface area contributed by atoms with E-state index in [2.05, 4.69) is 17.0 Å². The summed E-state index contributed by atoms with van der Waals surface area (Å²) in [6.45, 7) is 2.12. The van der Waals surface area contributed by atoms with Crippen LogP contribution in [-0.4, -0.2) is 59.1 Å². The van der Waals surface area contributed by atoms with Gasteiger partial charge in [-0.3, -0.25) is 9.69 Å². The van der Waals surface area contributed by atoms with E-state index in [1.165, 1.54) is 24.3 Å². The number of rotatable bonds is 4. The molecule has 2 aliphatic heterocycles. The predicted molar refractivity (Wildman–Crippen MR) is 127 cm³/mol. The number of benzene rings is 3. The van der Waals surface area contributed by atoms with Gasteiger partial charge in [0.25, 0.3) is 5.91 Å². The van der Waals surface area contributed by atoms with Crippen LogP contribution in [0.4, 0.5) is 8.78 Å². The third-order valence-corrected chi connectivity index (χ3v) is 7.20. The van der Waals surface area contributed by atoms with Crippen LogP contribution in [0, 0.1) is 11.6 Å². The lowest BCUT2D eigenvalue weighted by Gasteiger charge is -2.57. The molecule has 2 saturated heterocycles. The van der Waals surface area contributed by atoms with E-state index in [1.54, 1.807) is 24.3 Å². The Labute approximate surface area is 198 Å². The Morgan fingerprint density at radius 1 is 0.882 bits per heavy atom. The average Bonchev–Trinajstić information content (AvgIpc) is 2.83. The van der Waals surface area contributed by atoms with Crippen molar-refractivity contribution >= 4 is 5.91 Å². The average molecular weight is 463 g/mol. The number of fused-ring (bicyclic) bond motifs is 1. The highest BCUT2D eigenvalue weighted by Gasteiger charge is 2.49. The molecule has 0 radical (unpaired) electrons. The summed E-state index contributed by atoms with van der Waals surface area (Å²) in [6, 6.07) is 20.6. The quantitative estimate of drug-likeness (QED) is 0.612. The Hall–Kier alpha value is -3.09. The van der Waals surface area contributed by atoms with E-state index in [0.717, 1.165) is 36.1 Å². The minimum absolute atomic E-state index is 0.00546. The maximum atomic E-state index is 13.7. The van der Waals surface area contributed by atoms with Gasteiger partial charge in [0, 0.05) is 36.7 Å². The minimum atomic E-state index is -0.414. The molecule has 0 aliphatic carbocycles. The summed E-state index contributed by atoms with van der Waals surface area (Å²) in [5, 5.41) is 10.2. The Kier molecular flexibility index (Phi) is 6.44. The Bertz CT molecular complexity index is 1150. The van der Waals surface area contributed by atoms with Gasteiger partial charge in [0.15, 0.2) is 0 Å². The Balaban J connectivity index is 1.39. The molecular weight excluding hydrogens is 434 g/mol. The van der Waals surface area contributed by atoms with Gasteiger partial charge in [0.2, 0.25) is 0 Å². The Morgan fingerprint density at radius 2 is 1.56 bits per heavy atom. The van der Waals surface area contributed by atoms with E-state index in [0.29, 0.717) is 18.7 Å². The van der Waals surface area contributed by atoms with Crippen LogP contribution < -0.4 is 0 Å². The molecule has 0 saturated carbocycles. The van der Waals surface area contributed by atoms with Crippen LogP contribution in [0.5, 0.6) is 0 Å². The number of aliphatic hydroxyl groups is 1. The molecule has 4 nitrogen and oxygen atoms in total. The highest BCUT2D eigenvalue weighted by Crippen LogP contribution is 2.42. The molecule has 2 fully saturated rings. The van der Waals surface area contributed by atoms with E-state index in [4.69, 9.17) is 0 Å². The van der Waals surface area contributed by atoms with Crippen molar-refractivity contribution in [1.82, 2.24) is 9.80 Å². The highest BCUT2D eigenvalue weighted by atomic mass is 19.1. The second-order valence-electron chi connectivity index (χ2n) is 9.18. The van der Waals surface area contributed by atoms with Gasteiger partial charge in [-0.1, -0.05) is 42.5 Å². The maximum absolute atomic E-state index is 13.7. The zero-order chi connectivity index (χ0) is 23.7. The van der Waals surface area contributed by atoms with Gasteiger partial charge < -0.3 is 10.0 Å². The van der Waals surface area contributed by atoms with Gasteiger partial charge in [0.1, 0.15) is 11.6 Å². The summed E-state index contributed by atoms with van der Waals surface area (Å²) in [7, 11) is 0. The molecule has 1 N–H and O–H groups in total. The molecule has 6 heteroatoms. The first-order valence-electron chi connectivity index (χ1n) is 11.8. The third-order valence-electron chi connectivity index (χ3n) is 7.20.